The number of halogens is 1. The SMILES string of the molecule is CN(CC(=O)Nc1ccc(Br)cc1)C(=O)OCc1ccccc1. The van der Waals surface area contributed by atoms with Crippen LogP contribution in [0, 0.1) is 0 Å². The largest absolute Gasteiger partial charge is 0.445 e. The molecule has 0 fully saturated rings. The first-order valence-corrected chi connectivity index (χ1v) is 7.81. The second kappa shape index (κ2) is 8.33. The van der Waals surface area contributed by atoms with Crippen LogP contribution in [0.4, 0.5) is 10.5 Å². The molecule has 0 heterocycles. The quantitative estimate of drug-likeness (QED) is 0.865. The fourth-order valence-electron chi connectivity index (χ4n) is 1.84. The van der Waals surface area contributed by atoms with Crippen molar-refractivity contribution in [1.29, 1.82) is 0 Å². The van der Waals surface area contributed by atoms with Crippen LogP contribution in [0.2, 0.25) is 0 Å². The van der Waals surface area contributed by atoms with Gasteiger partial charge in [0.25, 0.3) is 0 Å². The van der Waals surface area contributed by atoms with Gasteiger partial charge in [-0.05, 0) is 29.8 Å². The molecule has 5 nitrogen and oxygen atoms in total. The molecule has 0 aliphatic rings. The van der Waals surface area contributed by atoms with Gasteiger partial charge in [-0.3, -0.25) is 4.79 Å². The van der Waals surface area contributed by atoms with E-state index in [9.17, 15) is 9.59 Å². The minimum Gasteiger partial charge on any atom is -0.445 e. The van der Waals surface area contributed by atoms with Crippen LogP contribution < -0.4 is 5.32 Å². The summed E-state index contributed by atoms with van der Waals surface area (Å²) in [6.07, 6.45) is -0.542. The number of benzene rings is 2. The fourth-order valence-corrected chi connectivity index (χ4v) is 2.11. The van der Waals surface area contributed by atoms with Gasteiger partial charge in [0.1, 0.15) is 13.2 Å². The molecule has 0 radical (unpaired) electrons. The normalized spacial score (nSPS) is 10.0. The lowest BCUT2D eigenvalue weighted by molar-refractivity contribution is -0.116. The van der Waals surface area contributed by atoms with E-state index in [0.29, 0.717) is 5.69 Å². The van der Waals surface area contributed by atoms with E-state index in [2.05, 4.69) is 21.2 Å². The molecule has 0 bridgehead atoms. The van der Waals surface area contributed by atoms with Gasteiger partial charge in [0.2, 0.25) is 5.91 Å². The van der Waals surface area contributed by atoms with Gasteiger partial charge in [0.15, 0.2) is 0 Å². The van der Waals surface area contributed by atoms with Gasteiger partial charge in [0.05, 0.1) is 0 Å². The Balaban J connectivity index is 1.78. The Kier molecular flexibility index (Phi) is 6.17. The van der Waals surface area contributed by atoms with Crippen LogP contribution in [0.5, 0.6) is 0 Å². The number of likely N-dealkylation sites (N-methyl/N-ethyl adjacent to an activating group) is 1. The number of ether oxygens (including phenoxy) is 1. The van der Waals surface area contributed by atoms with Crippen molar-refractivity contribution in [3.8, 4) is 0 Å². The number of anilines is 1. The van der Waals surface area contributed by atoms with Crippen molar-refractivity contribution in [2.45, 2.75) is 6.61 Å². The summed E-state index contributed by atoms with van der Waals surface area (Å²) in [5, 5.41) is 2.72. The van der Waals surface area contributed by atoms with Crippen LogP contribution in [-0.2, 0) is 16.1 Å². The summed E-state index contributed by atoms with van der Waals surface area (Å²) in [4.78, 5) is 25.0. The highest BCUT2D eigenvalue weighted by atomic mass is 79.9. The minimum atomic E-state index is -0.542. The van der Waals surface area contributed by atoms with Crippen LogP contribution in [0.15, 0.2) is 59.1 Å². The zero-order valence-electron chi connectivity index (χ0n) is 12.7. The monoisotopic (exact) mass is 376 g/mol. The van der Waals surface area contributed by atoms with E-state index in [0.717, 1.165) is 10.0 Å². The van der Waals surface area contributed by atoms with Crippen molar-refractivity contribution in [2.75, 3.05) is 18.9 Å². The number of nitrogens with zero attached hydrogens (tertiary/aromatic N) is 1. The number of hydrogen-bond acceptors (Lipinski definition) is 3. The second-order valence-corrected chi connectivity index (χ2v) is 5.87. The first-order valence-electron chi connectivity index (χ1n) is 7.02. The first kappa shape index (κ1) is 17.0. The maximum Gasteiger partial charge on any atom is 0.410 e. The topological polar surface area (TPSA) is 58.6 Å². The van der Waals surface area contributed by atoms with E-state index in [-0.39, 0.29) is 19.1 Å². The Labute approximate surface area is 143 Å². The van der Waals surface area contributed by atoms with Crippen LogP contribution >= 0.6 is 15.9 Å². The Morgan fingerprint density at radius 2 is 1.74 bits per heavy atom. The van der Waals surface area contributed by atoms with Crippen LogP contribution in [0.25, 0.3) is 0 Å². The number of nitrogens with one attached hydrogen (secondary N) is 1. The maximum atomic E-state index is 11.9. The van der Waals surface area contributed by atoms with Crippen molar-refractivity contribution in [2.24, 2.45) is 0 Å². The van der Waals surface area contributed by atoms with Gasteiger partial charge < -0.3 is 15.0 Å². The van der Waals surface area contributed by atoms with E-state index >= 15 is 0 Å². The molecule has 0 aromatic heterocycles. The number of amides is 2. The zero-order chi connectivity index (χ0) is 16.7. The Morgan fingerprint density at radius 3 is 2.39 bits per heavy atom. The predicted octanol–water partition coefficient (Wildman–Crippen LogP) is 3.66. The summed E-state index contributed by atoms with van der Waals surface area (Å²) in [6.45, 7) is 0.0992. The third kappa shape index (κ3) is 5.75. The molecule has 23 heavy (non-hydrogen) atoms. The molecular weight excluding hydrogens is 360 g/mol. The molecule has 120 valence electrons. The van der Waals surface area contributed by atoms with E-state index in [1.165, 1.54) is 11.9 Å². The van der Waals surface area contributed by atoms with Crippen molar-refractivity contribution < 1.29 is 14.3 Å². The van der Waals surface area contributed by atoms with Crippen molar-refractivity contribution in [1.82, 2.24) is 4.90 Å². The van der Waals surface area contributed by atoms with Gasteiger partial charge in [-0.1, -0.05) is 46.3 Å². The highest BCUT2D eigenvalue weighted by Gasteiger charge is 2.14. The predicted molar refractivity (Wildman–Crippen MR) is 92.0 cm³/mol. The molecule has 2 aromatic rings. The molecule has 2 rings (SSSR count). The first-order chi connectivity index (χ1) is 11.0. The molecule has 0 aliphatic carbocycles. The maximum absolute atomic E-state index is 11.9. The van der Waals surface area contributed by atoms with Crippen LogP contribution in [-0.4, -0.2) is 30.5 Å². The van der Waals surface area contributed by atoms with E-state index in [1.807, 2.05) is 42.5 Å². The second-order valence-electron chi connectivity index (χ2n) is 4.95. The summed E-state index contributed by atoms with van der Waals surface area (Å²) in [5.74, 6) is -0.286. The Bertz CT molecular complexity index is 659. The van der Waals surface area contributed by atoms with Crippen molar-refractivity contribution in [3.63, 3.8) is 0 Å². The fraction of sp³-hybridized carbons (Fsp3) is 0.176. The average molecular weight is 377 g/mol. The van der Waals surface area contributed by atoms with Crippen LogP contribution in [0.3, 0.4) is 0 Å². The number of rotatable bonds is 5. The summed E-state index contributed by atoms with van der Waals surface area (Å²) < 4.78 is 6.09. The third-order valence-corrected chi connectivity index (χ3v) is 3.55. The minimum absolute atomic E-state index is 0.0797. The molecule has 0 spiro atoms. The summed E-state index contributed by atoms with van der Waals surface area (Å²) in [7, 11) is 1.52. The summed E-state index contributed by atoms with van der Waals surface area (Å²) in [5.41, 5.74) is 1.57. The van der Waals surface area contributed by atoms with E-state index < -0.39 is 6.09 Å². The molecule has 1 N–H and O–H groups in total. The molecule has 0 aliphatic heterocycles. The molecule has 0 saturated carbocycles. The standard InChI is InChI=1S/C17H17BrN2O3/c1-20(17(22)23-12-13-5-3-2-4-6-13)11-16(21)19-15-9-7-14(18)8-10-15/h2-10H,11-12H2,1H3,(H,19,21). The van der Waals surface area contributed by atoms with Gasteiger partial charge >= 0.3 is 6.09 Å². The lowest BCUT2D eigenvalue weighted by Crippen LogP contribution is -2.35. The molecule has 0 unspecified atom stereocenters. The lowest BCUT2D eigenvalue weighted by atomic mass is 10.2. The highest BCUT2D eigenvalue weighted by Crippen LogP contribution is 2.14. The average Bonchev–Trinajstić information content (AvgIpc) is 2.55. The zero-order valence-corrected chi connectivity index (χ0v) is 14.2. The van der Waals surface area contributed by atoms with E-state index in [1.54, 1.807) is 12.1 Å². The molecule has 0 atom stereocenters. The Morgan fingerprint density at radius 1 is 1.09 bits per heavy atom. The van der Waals surface area contributed by atoms with Crippen molar-refractivity contribution >= 4 is 33.6 Å². The summed E-state index contributed by atoms with van der Waals surface area (Å²) in [6, 6.07) is 16.6. The molecular formula is C17H17BrN2O3. The van der Waals surface area contributed by atoms with Gasteiger partial charge in [-0.25, -0.2) is 4.79 Å². The number of carbonyl (C=O) groups excluding carboxylic acids is 2. The van der Waals surface area contributed by atoms with Crippen LogP contribution in [0.1, 0.15) is 5.56 Å². The van der Waals surface area contributed by atoms with Gasteiger partial charge in [-0.15, -0.1) is 0 Å². The molecule has 0 saturated heterocycles. The molecule has 2 aromatic carbocycles. The number of hydrogen-bond donors (Lipinski definition) is 1. The lowest BCUT2D eigenvalue weighted by Gasteiger charge is -2.16. The molecule has 6 heteroatoms. The van der Waals surface area contributed by atoms with E-state index in [4.69, 9.17) is 4.74 Å². The number of carbonyl (C=O) groups is 2. The van der Waals surface area contributed by atoms with Gasteiger partial charge in [-0.2, -0.15) is 0 Å². The third-order valence-electron chi connectivity index (χ3n) is 3.03. The summed E-state index contributed by atoms with van der Waals surface area (Å²) >= 11 is 3.33. The Hall–Kier alpha value is -2.34. The van der Waals surface area contributed by atoms with Crippen molar-refractivity contribution in [3.05, 3.63) is 64.6 Å². The smallest absolute Gasteiger partial charge is 0.410 e. The van der Waals surface area contributed by atoms with Gasteiger partial charge in [0, 0.05) is 17.2 Å². The highest BCUT2D eigenvalue weighted by molar-refractivity contribution is 9.10. The molecule has 2 amide bonds.